The molecule has 0 atom stereocenters. The Kier molecular flexibility index (Phi) is 3.98. The summed E-state index contributed by atoms with van der Waals surface area (Å²) in [6.07, 6.45) is 0.909. The van der Waals surface area contributed by atoms with Crippen molar-refractivity contribution < 1.29 is 18.0 Å². The Morgan fingerprint density at radius 2 is 1.52 bits per heavy atom. The zero-order chi connectivity index (χ0) is 17.6. The van der Waals surface area contributed by atoms with Crippen molar-refractivity contribution in [2.75, 3.05) is 13.1 Å². The van der Waals surface area contributed by atoms with Crippen LogP contribution in [0.1, 0.15) is 33.6 Å². The fourth-order valence-corrected chi connectivity index (χ4v) is 6.03. The number of sulfonamides is 1. The van der Waals surface area contributed by atoms with Crippen molar-refractivity contribution in [2.45, 2.75) is 23.1 Å². The maximum atomic E-state index is 12.6. The van der Waals surface area contributed by atoms with Crippen LogP contribution in [0.25, 0.3) is 0 Å². The van der Waals surface area contributed by atoms with Crippen molar-refractivity contribution in [3.05, 3.63) is 52.9 Å². The Balaban J connectivity index is 1.50. The summed E-state index contributed by atoms with van der Waals surface area (Å²) in [5, 5.41) is 1.73. The Labute approximate surface area is 149 Å². The fraction of sp³-hybridized carbons (Fsp3) is 0.294. The molecule has 1 aromatic carbocycles. The van der Waals surface area contributed by atoms with Gasteiger partial charge < -0.3 is 0 Å². The van der Waals surface area contributed by atoms with Crippen molar-refractivity contribution in [3.8, 4) is 0 Å². The number of nitrogens with zero attached hydrogens (tertiary/aromatic N) is 2. The zero-order valence-electron chi connectivity index (χ0n) is 13.3. The molecule has 2 aliphatic heterocycles. The molecule has 2 amide bonds. The second kappa shape index (κ2) is 6.05. The van der Waals surface area contributed by atoms with Crippen LogP contribution in [0.2, 0.25) is 0 Å². The Morgan fingerprint density at radius 1 is 0.920 bits per heavy atom. The summed E-state index contributed by atoms with van der Waals surface area (Å²) < 4.78 is 26.9. The first-order chi connectivity index (χ1) is 12.0. The van der Waals surface area contributed by atoms with Gasteiger partial charge in [-0.3, -0.25) is 14.5 Å². The van der Waals surface area contributed by atoms with Gasteiger partial charge in [-0.2, -0.15) is 4.31 Å². The van der Waals surface area contributed by atoms with Gasteiger partial charge in [0.05, 0.1) is 11.1 Å². The molecule has 1 aromatic heterocycles. The van der Waals surface area contributed by atoms with Gasteiger partial charge >= 0.3 is 0 Å². The van der Waals surface area contributed by atoms with E-state index in [-0.39, 0.29) is 17.9 Å². The van der Waals surface area contributed by atoms with Crippen molar-refractivity contribution in [2.24, 2.45) is 0 Å². The van der Waals surface area contributed by atoms with E-state index in [2.05, 4.69) is 0 Å². The Morgan fingerprint density at radius 3 is 2.04 bits per heavy atom. The summed E-state index contributed by atoms with van der Waals surface area (Å²) in [4.78, 5) is 26.4. The zero-order valence-corrected chi connectivity index (χ0v) is 14.9. The van der Waals surface area contributed by atoms with Crippen LogP contribution in [-0.2, 0) is 10.0 Å². The number of carbonyl (C=O) groups excluding carboxylic acids is 2. The van der Waals surface area contributed by atoms with E-state index in [9.17, 15) is 18.0 Å². The number of hydrogen-bond donors (Lipinski definition) is 0. The summed E-state index contributed by atoms with van der Waals surface area (Å²) in [5.74, 6) is -0.555. The van der Waals surface area contributed by atoms with Crippen molar-refractivity contribution in [1.29, 1.82) is 0 Å². The minimum Gasteiger partial charge on any atom is -0.271 e. The lowest BCUT2D eigenvalue weighted by Crippen LogP contribution is -2.48. The predicted octanol–water partition coefficient (Wildman–Crippen LogP) is 2.20. The first kappa shape index (κ1) is 16.4. The highest BCUT2D eigenvalue weighted by atomic mass is 32.2. The van der Waals surface area contributed by atoms with Crippen molar-refractivity contribution in [1.82, 2.24) is 9.21 Å². The molecule has 0 unspecified atom stereocenters. The highest BCUT2D eigenvalue weighted by Crippen LogP contribution is 2.30. The van der Waals surface area contributed by atoms with Gasteiger partial charge in [0.15, 0.2) is 0 Å². The van der Waals surface area contributed by atoms with Crippen LogP contribution in [0.3, 0.4) is 0 Å². The third-order valence-electron chi connectivity index (χ3n) is 4.70. The molecule has 0 saturated carbocycles. The molecular formula is C17H16N2O4S2. The van der Waals surface area contributed by atoms with Gasteiger partial charge in [-0.05, 0) is 36.4 Å². The quantitative estimate of drug-likeness (QED) is 0.770. The van der Waals surface area contributed by atoms with Crippen molar-refractivity contribution >= 4 is 33.2 Å². The SMILES string of the molecule is O=C1c2ccccc2C(=O)N1C1CCN(S(=O)(=O)c2cccs2)CC1. The molecule has 2 aliphatic rings. The molecule has 6 nitrogen and oxygen atoms in total. The molecule has 4 rings (SSSR count). The lowest BCUT2D eigenvalue weighted by atomic mass is 10.1. The first-order valence-corrected chi connectivity index (χ1v) is 10.3. The molecule has 130 valence electrons. The van der Waals surface area contributed by atoms with Gasteiger partial charge in [0.1, 0.15) is 4.21 Å². The molecule has 3 heterocycles. The van der Waals surface area contributed by atoms with Crippen LogP contribution in [0.5, 0.6) is 0 Å². The smallest absolute Gasteiger partial charge is 0.261 e. The molecular weight excluding hydrogens is 360 g/mol. The fourth-order valence-electron chi connectivity index (χ4n) is 3.42. The molecule has 0 bridgehead atoms. The first-order valence-electron chi connectivity index (χ1n) is 8.01. The van der Waals surface area contributed by atoms with E-state index in [0.29, 0.717) is 41.3 Å². The maximum absolute atomic E-state index is 12.6. The molecule has 0 N–H and O–H groups in total. The monoisotopic (exact) mass is 376 g/mol. The third-order valence-corrected chi connectivity index (χ3v) is 7.97. The molecule has 8 heteroatoms. The predicted molar refractivity (Wildman–Crippen MR) is 93.0 cm³/mol. The normalized spacial score (nSPS) is 19.4. The van der Waals surface area contributed by atoms with Gasteiger partial charge in [0.2, 0.25) is 0 Å². The van der Waals surface area contributed by atoms with Gasteiger partial charge in [0, 0.05) is 19.1 Å². The molecule has 25 heavy (non-hydrogen) atoms. The Hall–Kier alpha value is -2.03. The second-order valence-electron chi connectivity index (χ2n) is 6.09. The molecule has 1 fully saturated rings. The molecule has 0 radical (unpaired) electrons. The largest absolute Gasteiger partial charge is 0.271 e. The van der Waals surface area contributed by atoms with E-state index in [4.69, 9.17) is 0 Å². The highest BCUT2D eigenvalue weighted by Gasteiger charge is 2.42. The topological polar surface area (TPSA) is 74.8 Å². The number of imide groups is 1. The number of thiophene rings is 1. The summed E-state index contributed by atoms with van der Waals surface area (Å²) in [7, 11) is -3.48. The number of carbonyl (C=O) groups is 2. The van der Waals surface area contributed by atoms with E-state index < -0.39 is 10.0 Å². The van der Waals surface area contributed by atoms with Crippen LogP contribution >= 0.6 is 11.3 Å². The number of amides is 2. The number of rotatable bonds is 3. The van der Waals surface area contributed by atoms with Crippen LogP contribution in [-0.4, -0.2) is 48.6 Å². The molecule has 1 saturated heterocycles. The molecule has 2 aromatic rings. The third kappa shape index (κ3) is 2.61. The summed E-state index contributed by atoms with van der Waals surface area (Å²) >= 11 is 1.19. The number of fused-ring (bicyclic) bond motifs is 1. The lowest BCUT2D eigenvalue weighted by molar-refractivity contribution is 0.0536. The van der Waals surface area contributed by atoms with E-state index in [1.54, 1.807) is 41.8 Å². The molecule has 0 spiro atoms. The van der Waals surface area contributed by atoms with Gasteiger partial charge in [0.25, 0.3) is 21.8 Å². The number of piperidine rings is 1. The highest BCUT2D eigenvalue weighted by molar-refractivity contribution is 7.91. The minimum atomic E-state index is -3.48. The number of benzene rings is 1. The second-order valence-corrected chi connectivity index (χ2v) is 9.21. The standard InChI is InChI=1S/C17H16N2O4S2/c20-16-13-4-1-2-5-14(13)17(21)19(16)12-7-9-18(10-8-12)25(22,23)15-6-3-11-24-15/h1-6,11-12H,7-10H2. The van der Waals surface area contributed by atoms with Gasteiger partial charge in [-0.1, -0.05) is 18.2 Å². The van der Waals surface area contributed by atoms with E-state index >= 15 is 0 Å². The lowest BCUT2D eigenvalue weighted by Gasteiger charge is -2.34. The van der Waals surface area contributed by atoms with Crippen molar-refractivity contribution in [3.63, 3.8) is 0 Å². The summed E-state index contributed by atoms with van der Waals surface area (Å²) in [6.45, 7) is 0.608. The number of hydrogen-bond acceptors (Lipinski definition) is 5. The molecule has 0 aliphatic carbocycles. The Bertz CT molecular complexity index is 894. The van der Waals surface area contributed by atoms with Gasteiger partial charge in [-0.25, -0.2) is 8.42 Å². The van der Waals surface area contributed by atoms with E-state index in [1.807, 2.05) is 0 Å². The van der Waals surface area contributed by atoms with Gasteiger partial charge in [-0.15, -0.1) is 11.3 Å². The van der Waals surface area contributed by atoms with E-state index in [1.165, 1.54) is 20.5 Å². The average molecular weight is 376 g/mol. The minimum absolute atomic E-state index is 0.262. The average Bonchev–Trinajstić information content (AvgIpc) is 3.24. The van der Waals surface area contributed by atoms with Crippen LogP contribution in [0, 0.1) is 0 Å². The van der Waals surface area contributed by atoms with Crippen LogP contribution in [0.15, 0.2) is 46.0 Å². The summed E-state index contributed by atoms with van der Waals surface area (Å²) in [5.41, 5.74) is 0.863. The van der Waals surface area contributed by atoms with Crippen LogP contribution < -0.4 is 0 Å². The summed E-state index contributed by atoms with van der Waals surface area (Å²) in [6, 6.07) is 9.84. The van der Waals surface area contributed by atoms with Crippen LogP contribution in [0.4, 0.5) is 0 Å². The maximum Gasteiger partial charge on any atom is 0.261 e. The van der Waals surface area contributed by atoms with E-state index in [0.717, 1.165) is 0 Å².